The fraction of sp³-hybridized carbons (Fsp3) is 0.143. The Bertz CT molecular complexity index is 518. The molecule has 0 atom stereocenters. The van der Waals surface area contributed by atoms with Gasteiger partial charge in [0.25, 0.3) is 0 Å². The van der Waals surface area contributed by atoms with Crippen molar-refractivity contribution in [1.29, 1.82) is 0 Å². The third-order valence-electron chi connectivity index (χ3n) is 2.61. The van der Waals surface area contributed by atoms with E-state index in [2.05, 4.69) is 21.2 Å². The van der Waals surface area contributed by atoms with Crippen molar-refractivity contribution in [3.8, 4) is 0 Å². The molecule has 0 spiro atoms. The van der Waals surface area contributed by atoms with Crippen molar-refractivity contribution >= 4 is 21.6 Å². The van der Waals surface area contributed by atoms with Crippen LogP contribution in [0.2, 0.25) is 0 Å². The van der Waals surface area contributed by atoms with Crippen LogP contribution in [0.25, 0.3) is 0 Å². The lowest BCUT2D eigenvalue weighted by molar-refractivity contribution is 0.609. The van der Waals surface area contributed by atoms with Crippen LogP contribution >= 0.6 is 15.9 Å². The Labute approximate surface area is 113 Å². The summed E-state index contributed by atoms with van der Waals surface area (Å²) in [5.41, 5.74) is 1.73. The van der Waals surface area contributed by atoms with Crippen LogP contribution in [0.5, 0.6) is 0 Å². The van der Waals surface area contributed by atoms with E-state index in [4.69, 9.17) is 0 Å². The SMILES string of the molecule is Cc1ccc(NCc2ccc(Br)cc2F)c(F)c1. The minimum Gasteiger partial charge on any atom is -0.378 e. The second-order valence-electron chi connectivity index (χ2n) is 4.07. The molecule has 94 valence electrons. The standard InChI is InChI=1S/C14H12BrF2N/c1-9-2-5-14(13(17)6-9)18-8-10-3-4-11(15)7-12(10)16/h2-7,18H,8H2,1H3. The Morgan fingerprint density at radius 2 is 1.83 bits per heavy atom. The monoisotopic (exact) mass is 311 g/mol. The summed E-state index contributed by atoms with van der Waals surface area (Å²) in [5.74, 6) is -0.642. The summed E-state index contributed by atoms with van der Waals surface area (Å²) in [7, 11) is 0. The van der Waals surface area contributed by atoms with Crippen molar-refractivity contribution in [2.75, 3.05) is 5.32 Å². The molecule has 2 aromatic carbocycles. The molecule has 18 heavy (non-hydrogen) atoms. The van der Waals surface area contributed by atoms with Crippen LogP contribution in [-0.4, -0.2) is 0 Å². The largest absolute Gasteiger partial charge is 0.378 e. The van der Waals surface area contributed by atoms with Gasteiger partial charge in [0.1, 0.15) is 11.6 Å². The van der Waals surface area contributed by atoms with Crippen LogP contribution in [0, 0.1) is 18.6 Å². The molecule has 0 radical (unpaired) electrons. The summed E-state index contributed by atoms with van der Waals surface area (Å²) in [6, 6.07) is 9.72. The first-order chi connectivity index (χ1) is 8.56. The molecule has 0 bridgehead atoms. The maximum Gasteiger partial charge on any atom is 0.146 e. The summed E-state index contributed by atoms with van der Waals surface area (Å²) in [6.07, 6.45) is 0. The van der Waals surface area contributed by atoms with Crippen molar-refractivity contribution in [2.45, 2.75) is 13.5 Å². The number of rotatable bonds is 3. The van der Waals surface area contributed by atoms with Crippen LogP contribution in [-0.2, 0) is 6.54 Å². The molecule has 0 aliphatic rings. The average Bonchev–Trinajstić information content (AvgIpc) is 2.30. The minimum atomic E-state index is -0.326. The average molecular weight is 312 g/mol. The van der Waals surface area contributed by atoms with E-state index < -0.39 is 0 Å². The number of anilines is 1. The highest BCUT2D eigenvalue weighted by molar-refractivity contribution is 9.10. The Kier molecular flexibility index (Phi) is 3.97. The van der Waals surface area contributed by atoms with Crippen LogP contribution in [0.1, 0.15) is 11.1 Å². The van der Waals surface area contributed by atoms with E-state index in [0.717, 1.165) is 5.56 Å². The van der Waals surface area contributed by atoms with Crippen molar-refractivity contribution in [1.82, 2.24) is 0 Å². The van der Waals surface area contributed by atoms with Gasteiger partial charge >= 0.3 is 0 Å². The molecule has 0 aliphatic carbocycles. The van der Waals surface area contributed by atoms with Crippen LogP contribution in [0.4, 0.5) is 14.5 Å². The number of nitrogens with one attached hydrogen (secondary N) is 1. The van der Waals surface area contributed by atoms with Gasteiger partial charge in [-0.2, -0.15) is 0 Å². The molecule has 2 aromatic rings. The van der Waals surface area contributed by atoms with E-state index in [1.807, 2.05) is 13.0 Å². The Morgan fingerprint density at radius 1 is 1.06 bits per heavy atom. The zero-order valence-electron chi connectivity index (χ0n) is 9.81. The molecule has 4 heteroatoms. The highest BCUT2D eigenvalue weighted by Crippen LogP contribution is 2.19. The van der Waals surface area contributed by atoms with Gasteiger partial charge in [0, 0.05) is 16.6 Å². The molecule has 0 fully saturated rings. The van der Waals surface area contributed by atoms with E-state index in [0.29, 0.717) is 15.7 Å². The maximum absolute atomic E-state index is 13.6. The van der Waals surface area contributed by atoms with Gasteiger partial charge < -0.3 is 5.32 Å². The van der Waals surface area contributed by atoms with Crippen molar-refractivity contribution in [3.05, 3.63) is 63.6 Å². The summed E-state index contributed by atoms with van der Waals surface area (Å²) in [6.45, 7) is 2.07. The van der Waals surface area contributed by atoms with Gasteiger partial charge in [-0.15, -0.1) is 0 Å². The number of aryl methyl sites for hydroxylation is 1. The van der Waals surface area contributed by atoms with Crippen molar-refractivity contribution < 1.29 is 8.78 Å². The summed E-state index contributed by atoms with van der Waals surface area (Å²) >= 11 is 3.19. The van der Waals surface area contributed by atoms with Gasteiger partial charge in [-0.05, 0) is 36.8 Å². The molecular weight excluding hydrogens is 300 g/mol. The van der Waals surface area contributed by atoms with Crippen molar-refractivity contribution in [2.24, 2.45) is 0 Å². The first-order valence-corrected chi connectivity index (χ1v) is 6.29. The molecule has 0 aromatic heterocycles. The van der Waals surface area contributed by atoms with E-state index >= 15 is 0 Å². The summed E-state index contributed by atoms with van der Waals surface area (Å²) in [4.78, 5) is 0. The van der Waals surface area contributed by atoms with Gasteiger partial charge in [0.2, 0.25) is 0 Å². The maximum atomic E-state index is 13.6. The highest BCUT2D eigenvalue weighted by atomic mass is 79.9. The second kappa shape index (κ2) is 5.48. The summed E-state index contributed by atoms with van der Waals surface area (Å²) < 4.78 is 27.8. The first kappa shape index (κ1) is 13.0. The molecule has 0 heterocycles. The third-order valence-corrected chi connectivity index (χ3v) is 3.10. The highest BCUT2D eigenvalue weighted by Gasteiger charge is 2.05. The lowest BCUT2D eigenvalue weighted by Gasteiger charge is -2.09. The number of halogens is 3. The van der Waals surface area contributed by atoms with Gasteiger partial charge in [0.05, 0.1) is 5.69 Å². The van der Waals surface area contributed by atoms with Gasteiger partial charge in [-0.3, -0.25) is 0 Å². The lowest BCUT2D eigenvalue weighted by atomic mass is 10.2. The molecule has 2 rings (SSSR count). The minimum absolute atomic E-state index is 0.249. The Balaban J connectivity index is 2.11. The van der Waals surface area contributed by atoms with Gasteiger partial charge in [-0.25, -0.2) is 8.78 Å². The van der Waals surface area contributed by atoms with E-state index in [9.17, 15) is 8.78 Å². The molecule has 0 aliphatic heterocycles. The zero-order chi connectivity index (χ0) is 13.1. The van der Waals surface area contributed by atoms with E-state index in [-0.39, 0.29) is 18.2 Å². The quantitative estimate of drug-likeness (QED) is 0.870. The molecule has 0 saturated heterocycles. The van der Waals surface area contributed by atoms with Crippen LogP contribution in [0.3, 0.4) is 0 Å². The predicted octanol–water partition coefficient (Wildman–Crippen LogP) is 4.65. The number of hydrogen-bond acceptors (Lipinski definition) is 1. The fourth-order valence-electron chi connectivity index (χ4n) is 1.62. The van der Waals surface area contributed by atoms with Crippen molar-refractivity contribution in [3.63, 3.8) is 0 Å². The Hall–Kier alpha value is -1.42. The molecule has 1 nitrogen and oxygen atoms in total. The third kappa shape index (κ3) is 3.07. The molecule has 0 amide bonds. The normalized spacial score (nSPS) is 10.4. The predicted molar refractivity (Wildman–Crippen MR) is 72.6 cm³/mol. The summed E-state index contributed by atoms with van der Waals surface area (Å²) in [5, 5.41) is 2.89. The fourth-order valence-corrected chi connectivity index (χ4v) is 1.95. The van der Waals surface area contributed by atoms with Crippen LogP contribution in [0.15, 0.2) is 40.9 Å². The molecular formula is C14H12BrF2N. The molecule has 0 saturated carbocycles. The first-order valence-electron chi connectivity index (χ1n) is 5.50. The van der Waals surface area contributed by atoms with E-state index in [1.165, 1.54) is 12.1 Å². The lowest BCUT2D eigenvalue weighted by Crippen LogP contribution is -2.03. The van der Waals surface area contributed by atoms with Crippen LogP contribution < -0.4 is 5.32 Å². The smallest absolute Gasteiger partial charge is 0.146 e. The number of benzene rings is 2. The topological polar surface area (TPSA) is 12.0 Å². The van der Waals surface area contributed by atoms with Gasteiger partial charge in [0.15, 0.2) is 0 Å². The van der Waals surface area contributed by atoms with E-state index in [1.54, 1.807) is 18.2 Å². The second-order valence-corrected chi connectivity index (χ2v) is 4.99. The number of hydrogen-bond donors (Lipinski definition) is 1. The Morgan fingerprint density at radius 3 is 2.50 bits per heavy atom. The zero-order valence-corrected chi connectivity index (χ0v) is 11.4. The molecule has 0 unspecified atom stereocenters. The molecule has 1 N–H and O–H groups in total. The van der Waals surface area contributed by atoms with Gasteiger partial charge in [-0.1, -0.05) is 28.1 Å².